The van der Waals surface area contributed by atoms with E-state index in [9.17, 15) is 9.59 Å². The molecular formula is C20H20O5. The first-order chi connectivity index (χ1) is 11.9. The average molecular weight is 340 g/mol. The quantitative estimate of drug-likeness (QED) is 0.294. The summed E-state index contributed by atoms with van der Waals surface area (Å²) in [5.41, 5.74) is 0.327. The van der Waals surface area contributed by atoms with Crippen LogP contribution in [0.5, 0.6) is 5.75 Å². The highest BCUT2D eigenvalue weighted by molar-refractivity contribution is 6.41. The highest BCUT2D eigenvalue weighted by atomic mass is 16.5. The summed E-state index contributed by atoms with van der Waals surface area (Å²) in [5, 5.41) is 17.0. The number of aliphatic hydroxyl groups excluding tert-OH is 2. The van der Waals surface area contributed by atoms with Crippen LogP contribution in [0, 0.1) is 11.8 Å². The maximum atomic E-state index is 11.7. The van der Waals surface area contributed by atoms with Gasteiger partial charge in [-0.05, 0) is 26.0 Å². The van der Waals surface area contributed by atoms with E-state index >= 15 is 0 Å². The number of carbonyl (C=O) groups excluding carboxylic acids is 2. The van der Waals surface area contributed by atoms with Crippen molar-refractivity contribution < 1.29 is 24.5 Å². The zero-order valence-corrected chi connectivity index (χ0v) is 14.0. The first-order valence-corrected chi connectivity index (χ1v) is 7.64. The Bertz CT molecular complexity index is 713. The first kappa shape index (κ1) is 20.1. The van der Waals surface area contributed by atoms with Crippen molar-refractivity contribution >= 4 is 11.8 Å². The second-order valence-corrected chi connectivity index (χ2v) is 5.04. The molecule has 2 N–H and O–H groups in total. The molecule has 2 unspecified atom stereocenters. The molecule has 0 saturated heterocycles. The van der Waals surface area contributed by atoms with Crippen molar-refractivity contribution in [1.29, 1.82) is 0 Å². The molecule has 0 fully saturated rings. The molecule has 0 saturated carbocycles. The van der Waals surface area contributed by atoms with Gasteiger partial charge in [-0.1, -0.05) is 60.4 Å². The lowest BCUT2D eigenvalue weighted by atomic mass is 10.1. The van der Waals surface area contributed by atoms with E-state index in [-0.39, 0.29) is 0 Å². The highest BCUT2D eigenvalue weighted by Gasteiger charge is 2.17. The molecule has 2 aromatic rings. The molecule has 0 spiro atoms. The van der Waals surface area contributed by atoms with Gasteiger partial charge in [0, 0.05) is 5.56 Å². The average Bonchev–Trinajstić information content (AvgIpc) is 2.61. The maximum absolute atomic E-state index is 11.7. The van der Waals surface area contributed by atoms with Gasteiger partial charge in [0.05, 0.1) is 0 Å². The van der Waals surface area contributed by atoms with Gasteiger partial charge < -0.3 is 14.9 Å². The number of ketones is 1. The molecule has 5 heteroatoms. The summed E-state index contributed by atoms with van der Waals surface area (Å²) >= 11 is 0. The number of carbonyl (C=O) groups is 2. The van der Waals surface area contributed by atoms with E-state index in [4.69, 9.17) is 14.9 Å². The van der Waals surface area contributed by atoms with E-state index < -0.39 is 24.0 Å². The smallest absolute Gasteiger partial charge is 0.385 e. The Morgan fingerprint density at radius 3 is 1.72 bits per heavy atom. The van der Waals surface area contributed by atoms with Crippen LogP contribution in [0.1, 0.15) is 24.2 Å². The van der Waals surface area contributed by atoms with Crippen LogP contribution in [0.2, 0.25) is 0 Å². The molecule has 2 aromatic carbocycles. The largest absolute Gasteiger partial charge is 0.421 e. The molecule has 5 nitrogen and oxygen atoms in total. The standard InChI is InChI=1S/C14H10O3.C6H10O2/c15-13(11-7-3-1-4-8-11)14(16)17-12-9-5-2-6-10-12;1-5(7)3-4-6(2)8/h1-10H;5-8H,1-2H3. The van der Waals surface area contributed by atoms with Crippen molar-refractivity contribution in [3.8, 4) is 17.6 Å². The number of aliphatic hydroxyl groups is 2. The monoisotopic (exact) mass is 340 g/mol. The van der Waals surface area contributed by atoms with Crippen LogP contribution in [0.4, 0.5) is 0 Å². The lowest BCUT2D eigenvalue weighted by molar-refractivity contribution is -0.129. The number of benzene rings is 2. The molecule has 0 aliphatic carbocycles. The minimum atomic E-state index is -0.873. The second-order valence-electron chi connectivity index (χ2n) is 5.04. The van der Waals surface area contributed by atoms with Gasteiger partial charge in [-0.15, -0.1) is 0 Å². The van der Waals surface area contributed by atoms with Crippen LogP contribution in [-0.2, 0) is 4.79 Å². The third-order valence-electron chi connectivity index (χ3n) is 2.68. The lowest BCUT2D eigenvalue weighted by Crippen LogP contribution is -2.20. The fourth-order valence-electron chi connectivity index (χ4n) is 1.59. The minimum absolute atomic E-state index is 0.327. The molecule has 2 rings (SSSR count). The van der Waals surface area contributed by atoms with Crippen LogP contribution >= 0.6 is 0 Å². The molecular weight excluding hydrogens is 320 g/mol. The molecule has 0 heterocycles. The Balaban J connectivity index is 0.000000333. The number of Topliss-reactive ketones (excluding diaryl/α,β-unsaturated/α-hetero) is 1. The van der Waals surface area contributed by atoms with E-state index in [1.807, 2.05) is 0 Å². The summed E-state index contributed by atoms with van der Waals surface area (Å²) in [6.45, 7) is 3.10. The zero-order valence-electron chi connectivity index (χ0n) is 14.0. The summed E-state index contributed by atoms with van der Waals surface area (Å²) in [7, 11) is 0. The van der Waals surface area contributed by atoms with Crippen LogP contribution in [-0.4, -0.2) is 34.2 Å². The number of ether oxygens (including phenoxy) is 1. The van der Waals surface area contributed by atoms with E-state index in [1.54, 1.807) is 74.5 Å². The van der Waals surface area contributed by atoms with Gasteiger partial charge in [-0.2, -0.15) is 0 Å². The first-order valence-electron chi connectivity index (χ1n) is 7.64. The molecule has 0 radical (unpaired) electrons. The molecule has 0 aromatic heterocycles. The lowest BCUT2D eigenvalue weighted by Gasteiger charge is -2.02. The van der Waals surface area contributed by atoms with Crippen molar-refractivity contribution in [2.24, 2.45) is 0 Å². The summed E-state index contributed by atoms with van der Waals surface area (Å²) in [5.74, 6) is 3.65. The molecule has 130 valence electrons. The number of hydrogen-bond acceptors (Lipinski definition) is 5. The van der Waals surface area contributed by atoms with Crippen molar-refractivity contribution in [2.45, 2.75) is 26.1 Å². The van der Waals surface area contributed by atoms with Crippen LogP contribution in [0.15, 0.2) is 60.7 Å². The number of para-hydroxylation sites is 1. The Kier molecular flexibility index (Phi) is 8.66. The van der Waals surface area contributed by atoms with Crippen LogP contribution in [0.25, 0.3) is 0 Å². The summed E-state index contributed by atoms with van der Waals surface area (Å²) < 4.78 is 4.94. The van der Waals surface area contributed by atoms with E-state index in [2.05, 4.69) is 11.8 Å². The molecule has 0 aliphatic rings. The summed E-state index contributed by atoms with van der Waals surface area (Å²) in [6, 6.07) is 16.8. The van der Waals surface area contributed by atoms with Crippen LogP contribution < -0.4 is 4.74 Å². The SMILES string of the molecule is CC(O)C#CC(C)O.O=C(Oc1ccccc1)C(=O)c1ccccc1. The van der Waals surface area contributed by atoms with E-state index in [0.717, 1.165) is 0 Å². The number of esters is 1. The third-order valence-corrected chi connectivity index (χ3v) is 2.68. The third kappa shape index (κ3) is 8.47. The number of rotatable bonds is 3. The Labute approximate surface area is 146 Å². The van der Waals surface area contributed by atoms with Gasteiger partial charge in [0.15, 0.2) is 0 Å². The second kappa shape index (κ2) is 10.8. The normalized spacial score (nSPS) is 11.7. The number of hydrogen-bond donors (Lipinski definition) is 2. The fourth-order valence-corrected chi connectivity index (χ4v) is 1.59. The highest BCUT2D eigenvalue weighted by Crippen LogP contribution is 2.10. The molecule has 25 heavy (non-hydrogen) atoms. The Morgan fingerprint density at radius 1 is 0.840 bits per heavy atom. The predicted octanol–water partition coefficient (Wildman–Crippen LogP) is 2.23. The Morgan fingerprint density at radius 2 is 1.28 bits per heavy atom. The van der Waals surface area contributed by atoms with E-state index in [0.29, 0.717) is 11.3 Å². The Hall–Kier alpha value is -2.94. The van der Waals surface area contributed by atoms with Gasteiger partial charge in [0.2, 0.25) is 0 Å². The maximum Gasteiger partial charge on any atom is 0.385 e. The van der Waals surface area contributed by atoms with Gasteiger partial charge in [-0.25, -0.2) is 4.79 Å². The topological polar surface area (TPSA) is 83.8 Å². The van der Waals surface area contributed by atoms with Crippen LogP contribution in [0.3, 0.4) is 0 Å². The van der Waals surface area contributed by atoms with Gasteiger partial charge in [0.1, 0.15) is 18.0 Å². The van der Waals surface area contributed by atoms with E-state index in [1.165, 1.54) is 0 Å². The predicted molar refractivity (Wildman–Crippen MR) is 94.0 cm³/mol. The van der Waals surface area contributed by atoms with Crippen molar-refractivity contribution in [3.05, 3.63) is 66.2 Å². The molecule has 0 aliphatic heterocycles. The summed E-state index contributed by atoms with van der Waals surface area (Å²) in [4.78, 5) is 23.2. The minimum Gasteiger partial charge on any atom is -0.421 e. The zero-order chi connectivity index (χ0) is 18.7. The van der Waals surface area contributed by atoms with Gasteiger partial charge in [-0.3, -0.25) is 4.79 Å². The summed E-state index contributed by atoms with van der Waals surface area (Å²) in [6.07, 6.45) is -1.27. The fraction of sp³-hybridized carbons (Fsp3) is 0.200. The van der Waals surface area contributed by atoms with Crippen molar-refractivity contribution in [2.75, 3.05) is 0 Å². The molecule has 2 atom stereocenters. The molecule has 0 bridgehead atoms. The van der Waals surface area contributed by atoms with Gasteiger partial charge >= 0.3 is 5.97 Å². The van der Waals surface area contributed by atoms with Crippen molar-refractivity contribution in [1.82, 2.24) is 0 Å². The van der Waals surface area contributed by atoms with Gasteiger partial charge in [0.25, 0.3) is 5.78 Å². The molecule has 0 amide bonds. The van der Waals surface area contributed by atoms with Crippen molar-refractivity contribution in [3.63, 3.8) is 0 Å².